The number of aliphatic carboxylic acids is 1. The molecule has 3 amide bonds. The normalized spacial score (nSPS) is 11.5. The molecule has 1 heterocycles. The highest BCUT2D eigenvalue weighted by molar-refractivity contribution is 6.07. The van der Waals surface area contributed by atoms with E-state index < -0.39 is 23.9 Å². The molecule has 0 aliphatic carbocycles. The molecule has 0 fully saturated rings. The Balaban J connectivity index is 1.89. The van der Waals surface area contributed by atoms with E-state index in [9.17, 15) is 19.5 Å². The number of hydrogen-bond donors (Lipinski definition) is 6. The number of H-pyrrole nitrogens is 1. The third kappa shape index (κ3) is 6.73. The van der Waals surface area contributed by atoms with Gasteiger partial charge in [-0.15, -0.1) is 0 Å². The molecule has 0 saturated heterocycles. The second-order valence-electron chi connectivity index (χ2n) is 8.02. The van der Waals surface area contributed by atoms with Gasteiger partial charge in [0.05, 0.1) is 5.56 Å². The van der Waals surface area contributed by atoms with Crippen molar-refractivity contribution < 1.29 is 19.5 Å². The molecule has 9 N–H and O–H groups in total. The minimum atomic E-state index is -1.12. The number of aromatic nitrogens is 1. The molecule has 0 bridgehead atoms. The fourth-order valence-electron chi connectivity index (χ4n) is 3.78. The summed E-state index contributed by atoms with van der Waals surface area (Å²) in [5.41, 5.74) is 18.5. The van der Waals surface area contributed by atoms with E-state index in [4.69, 9.17) is 17.2 Å². The summed E-state index contributed by atoms with van der Waals surface area (Å²) in [7, 11) is 0. The number of aliphatic imine (C=N–C) groups is 1. The number of nitrogens with two attached hydrogens (primary N) is 3. The summed E-state index contributed by atoms with van der Waals surface area (Å²) in [6, 6.07) is 12.7. The Morgan fingerprint density at radius 1 is 1.03 bits per heavy atom. The van der Waals surface area contributed by atoms with E-state index in [1.807, 2.05) is 24.3 Å². The predicted octanol–water partition coefficient (Wildman–Crippen LogP) is 1.49. The van der Waals surface area contributed by atoms with Crippen LogP contribution in [0.5, 0.6) is 0 Å². The van der Waals surface area contributed by atoms with Crippen LogP contribution in [0.15, 0.2) is 59.7 Å². The van der Waals surface area contributed by atoms with Gasteiger partial charge >= 0.3 is 12.0 Å². The summed E-state index contributed by atoms with van der Waals surface area (Å²) in [4.78, 5) is 45.2. The molecule has 11 nitrogen and oxygen atoms in total. The third-order valence-corrected chi connectivity index (χ3v) is 5.51. The molecule has 0 saturated carbocycles. The fraction of sp³-hybridized carbons (Fsp3) is 0.250. The first-order chi connectivity index (χ1) is 16.8. The molecule has 2 aromatic carbocycles. The molecule has 35 heavy (non-hydrogen) atoms. The first-order valence-electron chi connectivity index (χ1n) is 11.0. The smallest absolute Gasteiger partial charge is 0.326 e. The van der Waals surface area contributed by atoms with E-state index >= 15 is 0 Å². The Hall–Kier alpha value is -4.54. The molecular formula is C24H29N7O4. The Morgan fingerprint density at radius 3 is 2.37 bits per heavy atom. The van der Waals surface area contributed by atoms with E-state index in [2.05, 4.69) is 15.3 Å². The Morgan fingerprint density at radius 2 is 1.71 bits per heavy atom. The second kappa shape index (κ2) is 11.5. The summed E-state index contributed by atoms with van der Waals surface area (Å²) in [5, 5.41) is 13.2. The number of para-hydroxylation sites is 1. The lowest BCUT2D eigenvalue weighted by molar-refractivity contribution is -0.142. The van der Waals surface area contributed by atoms with Gasteiger partial charge in [-0.05, 0) is 30.0 Å². The molecule has 3 aromatic rings. The average Bonchev–Trinajstić information content (AvgIpc) is 3.26. The number of benzene rings is 2. The van der Waals surface area contributed by atoms with Crippen molar-refractivity contribution >= 4 is 34.8 Å². The van der Waals surface area contributed by atoms with E-state index in [1.54, 1.807) is 30.5 Å². The summed E-state index contributed by atoms with van der Waals surface area (Å²) < 4.78 is 0. The van der Waals surface area contributed by atoms with Crippen molar-refractivity contribution in [3.63, 3.8) is 0 Å². The number of carboxylic acid groups (broad SMARTS) is 1. The van der Waals surface area contributed by atoms with E-state index in [0.29, 0.717) is 17.4 Å². The van der Waals surface area contributed by atoms with Crippen molar-refractivity contribution in [3.8, 4) is 0 Å². The SMILES string of the molecule is NC(=O)NCc1ccc(CN(C(=O)c2c[nH]c3ccccc23)[C@H](CCCN=C(N)N)C(=O)O)cc1. The molecule has 0 spiro atoms. The maximum absolute atomic E-state index is 13.7. The molecule has 1 aromatic heterocycles. The zero-order valence-electron chi connectivity index (χ0n) is 19.1. The number of carbonyl (C=O) groups is 3. The van der Waals surface area contributed by atoms with Crippen molar-refractivity contribution in [3.05, 3.63) is 71.4 Å². The molecule has 0 unspecified atom stereocenters. The van der Waals surface area contributed by atoms with Crippen molar-refractivity contribution in [2.45, 2.75) is 32.0 Å². The highest BCUT2D eigenvalue weighted by Crippen LogP contribution is 2.23. The third-order valence-electron chi connectivity index (χ3n) is 5.51. The molecule has 184 valence electrons. The number of carboxylic acids is 1. The number of amides is 3. The number of urea groups is 1. The predicted molar refractivity (Wildman–Crippen MR) is 132 cm³/mol. The van der Waals surface area contributed by atoms with Gasteiger partial charge in [0, 0.05) is 36.7 Å². The number of guanidine groups is 1. The van der Waals surface area contributed by atoms with Crippen LogP contribution in [0.4, 0.5) is 4.79 Å². The van der Waals surface area contributed by atoms with Gasteiger partial charge in [-0.1, -0.05) is 42.5 Å². The monoisotopic (exact) mass is 479 g/mol. The van der Waals surface area contributed by atoms with Gasteiger partial charge < -0.3 is 37.5 Å². The molecular weight excluding hydrogens is 450 g/mol. The van der Waals surface area contributed by atoms with Gasteiger partial charge in [0.15, 0.2) is 5.96 Å². The number of primary amides is 1. The number of aromatic amines is 1. The Labute approximate surface area is 202 Å². The zero-order valence-corrected chi connectivity index (χ0v) is 19.1. The molecule has 0 aliphatic rings. The van der Waals surface area contributed by atoms with Crippen LogP contribution >= 0.6 is 0 Å². The minimum Gasteiger partial charge on any atom is -0.480 e. The lowest BCUT2D eigenvalue weighted by atomic mass is 10.0. The molecule has 3 rings (SSSR count). The number of rotatable bonds is 11. The van der Waals surface area contributed by atoms with Crippen molar-refractivity contribution in [1.29, 1.82) is 0 Å². The summed E-state index contributed by atoms with van der Waals surface area (Å²) in [6.45, 7) is 0.583. The first kappa shape index (κ1) is 25.1. The highest BCUT2D eigenvalue weighted by atomic mass is 16.4. The van der Waals surface area contributed by atoms with E-state index in [1.165, 1.54) is 4.90 Å². The Bertz CT molecular complexity index is 1220. The van der Waals surface area contributed by atoms with Gasteiger partial charge in [-0.3, -0.25) is 9.79 Å². The van der Waals surface area contributed by atoms with Crippen LogP contribution < -0.4 is 22.5 Å². The average molecular weight is 480 g/mol. The van der Waals surface area contributed by atoms with Crippen LogP contribution in [0.1, 0.15) is 34.3 Å². The largest absolute Gasteiger partial charge is 0.480 e. The van der Waals surface area contributed by atoms with Crippen LogP contribution in [0, 0.1) is 0 Å². The van der Waals surface area contributed by atoms with Crippen LogP contribution in [-0.2, 0) is 17.9 Å². The van der Waals surface area contributed by atoms with Gasteiger partial charge in [0.1, 0.15) is 6.04 Å². The number of fused-ring (bicyclic) bond motifs is 1. The second-order valence-corrected chi connectivity index (χ2v) is 8.02. The number of nitrogens with one attached hydrogen (secondary N) is 2. The standard InChI is InChI=1S/C24H29N7O4/c25-23(26)28-11-3-6-20(22(33)34)31(14-16-9-7-15(8-10-16)12-30-24(27)35)21(32)18-13-29-19-5-2-1-4-17(18)19/h1-2,4-5,7-10,13,20,29H,3,6,11-12,14H2,(H,33,34)(H4,25,26,28)(H3,27,30,35)/t20-/m1/s1. The van der Waals surface area contributed by atoms with Crippen molar-refractivity contribution in [2.75, 3.05) is 6.54 Å². The number of nitrogens with zero attached hydrogens (tertiary/aromatic N) is 2. The number of carbonyl (C=O) groups excluding carboxylic acids is 2. The number of hydrogen-bond acceptors (Lipinski definition) is 4. The van der Waals surface area contributed by atoms with Gasteiger partial charge in [-0.2, -0.15) is 0 Å². The lowest BCUT2D eigenvalue weighted by Crippen LogP contribution is -2.44. The van der Waals surface area contributed by atoms with Crippen molar-refractivity contribution in [1.82, 2.24) is 15.2 Å². The molecule has 0 aliphatic heterocycles. The van der Waals surface area contributed by atoms with Crippen molar-refractivity contribution in [2.24, 2.45) is 22.2 Å². The topological polar surface area (TPSA) is 193 Å². The van der Waals surface area contributed by atoms with E-state index in [0.717, 1.165) is 16.6 Å². The summed E-state index contributed by atoms with van der Waals surface area (Å²) in [5.74, 6) is -1.60. The van der Waals surface area contributed by atoms with Crippen LogP contribution in [0.2, 0.25) is 0 Å². The first-order valence-corrected chi connectivity index (χ1v) is 11.0. The Kier molecular flexibility index (Phi) is 8.28. The molecule has 0 radical (unpaired) electrons. The van der Waals surface area contributed by atoms with E-state index in [-0.39, 0.29) is 32.0 Å². The fourth-order valence-corrected chi connectivity index (χ4v) is 3.78. The van der Waals surface area contributed by atoms with Crippen LogP contribution in [0.3, 0.4) is 0 Å². The van der Waals surface area contributed by atoms with Crippen LogP contribution in [0.25, 0.3) is 10.9 Å². The lowest BCUT2D eigenvalue weighted by Gasteiger charge is -2.29. The quantitative estimate of drug-likeness (QED) is 0.137. The van der Waals surface area contributed by atoms with Crippen LogP contribution in [-0.4, -0.2) is 51.4 Å². The van der Waals surface area contributed by atoms with Gasteiger partial charge in [-0.25, -0.2) is 9.59 Å². The maximum atomic E-state index is 13.7. The molecule has 11 heteroatoms. The van der Waals surface area contributed by atoms with Gasteiger partial charge in [0.25, 0.3) is 5.91 Å². The highest BCUT2D eigenvalue weighted by Gasteiger charge is 2.31. The minimum absolute atomic E-state index is 0.0706. The maximum Gasteiger partial charge on any atom is 0.326 e. The summed E-state index contributed by atoms with van der Waals surface area (Å²) >= 11 is 0. The van der Waals surface area contributed by atoms with Gasteiger partial charge in [0.2, 0.25) is 0 Å². The molecule has 1 atom stereocenters. The zero-order chi connectivity index (χ0) is 25.4. The summed E-state index contributed by atoms with van der Waals surface area (Å²) in [6.07, 6.45) is 2.14.